The average Bonchev–Trinajstić information content (AvgIpc) is 3.24. The molecule has 0 aliphatic carbocycles. The summed E-state index contributed by atoms with van der Waals surface area (Å²) in [5, 5.41) is 22.1. The first-order chi connectivity index (χ1) is 16.0. The highest BCUT2D eigenvalue weighted by molar-refractivity contribution is 7.99. The molecular formula is C25H20ClN5OS. The summed E-state index contributed by atoms with van der Waals surface area (Å²) >= 11 is 7.53. The van der Waals surface area contributed by atoms with Gasteiger partial charge in [-0.1, -0.05) is 65.3 Å². The fourth-order valence-electron chi connectivity index (χ4n) is 3.21. The van der Waals surface area contributed by atoms with Crippen LogP contribution < -0.4 is 5.32 Å². The van der Waals surface area contributed by atoms with Gasteiger partial charge in [0.2, 0.25) is 5.91 Å². The van der Waals surface area contributed by atoms with Crippen molar-refractivity contribution in [1.29, 1.82) is 5.26 Å². The number of amides is 1. The summed E-state index contributed by atoms with van der Waals surface area (Å²) in [5.41, 5.74) is 3.94. The topological polar surface area (TPSA) is 83.6 Å². The molecule has 0 unspecified atom stereocenters. The van der Waals surface area contributed by atoms with Crippen LogP contribution in [-0.4, -0.2) is 26.4 Å². The molecule has 1 N–H and O–H groups in total. The van der Waals surface area contributed by atoms with Crippen molar-refractivity contribution in [2.45, 2.75) is 18.5 Å². The molecule has 0 bridgehead atoms. The molecule has 0 radical (unpaired) electrons. The number of nitrogens with zero attached hydrogens (tertiary/aromatic N) is 4. The van der Waals surface area contributed by atoms with Gasteiger partial charge in [-0.25, -0.2) is 0 Å². The van der Waals surface area contributed by atoms with Gasteiger partial charge in [-0.15, -0.1) is 10.2 Å². The number of carbonyl (C=O) groups excluding carboxylic acids is 1. The summed E-state index contributed by atoms with van der Waals surface area (Å²) in [4.78, 5) is 12.4. The minimum absolute atomic E-state index is 0.165. The fraction of sp³-hybridized carbons (Fsp3) is 0.120. The number of anilines is 1. The lowest BCUT2D eigenvalue weighted by Crippen LogP contribution is -2.13. The van der Waals surface area contributed by atoms with Crippen LogP contribution in [0.2, 0.25) is 5.02 Å². The average molecular weight is 474 g/mol. The number of aromatic nitrogens is 3. The number of carbonyl (C=O) groups is 1. The van der Waals surface area contributed by atoms with Crippen molar-refractivity contribution in [1.82, 2.24) is 14.8 Å². The maximum absolute atomic E-state index is 12.4. The van der Waals surface area contributed by atoms with E-state index in [9.17, 15) is 10.1 Å². The third-order valence-electron chi connectivity index (χ3n) is 4.91. The highest BCUT2D eigenvalue weighted by Gasteiger charge is 2.17. The Hall–Kier alpha value is -3.60. The maximum Gasteiger partial charge on any atom is 0.225 e. The second kappa shape index (κ2) is 10.3. The van der Waals surface area contributed by atoms with Gasteiger partial charge >= 0.3 is 0 Å². The van der Waals surface area contributed by atoms with Gasteiger partial charge in [0.15, 0.2) is 11.0 Å². The molecule has 33 heavy (non-hydrogen) atoms. The number of para-hydroxylation sites is 1. The number of hydrogen-bond acceptors (Lipinski definition) is 5. The molecule has 0 saturated heterocycles. The first kappa shape index (κ1) is 22.6. The summed E-state index contributed by atoms with van der Waals surface area (Å²) in [6, 6.07) is 24.6. The molecule has 0 fully saturated rings. The molecule has 0 aliphatic heterocycles. The molecule has 8 heteroatoms. The second-order valence-electron chi connectivity index (χ2n) is 7.29. The number of hydrogen-bond donors (Lipinski definition) is 1. The molecule has 1 aromatic heterocycles. The lowest BCUT2D eigenvalue weighted by atomic mass is 10.1. The van der Waals surface area contributed by atoms with Crippen LogP contribution in [0.15, 0.2) is 78.0 Å². The van der Waals surface area contributed by atoms with E-state index in [1.165, 1.54) is 11.8 Å². The summed E-state index contributed by atoms with van der Waals surface area (Å²) < 4.78 is 1.97. The molecule has 0 spiro atoms. The van der Waals surface area contributed by atoms with Crippen molar-refractivity contribution < 1.29 is 4.79 Å². The van der Waals surface area contributed by atoms with Crippen LogP contribution in [0.3, 0.4) is 0 Å². The van der Waals surface area contributed by atoms with Gasteiger partial charge in [0.05, 0.1) is 11.3 Å². The Morgan fingerprint density at radius 2 is 1.79 bits per heavy atom. The van der Waals surface area contributed by atoms with E-state index in [-0.39, 0.29) is 12.3 Å². The van der Waals surface area contributed by atoms with Gasteiger partial charge in [-0.2, -0.15) is 5.26 Å². The molecule has 0 atom stereocenters. The molecule has 3 aromatic carbocycles. The van der Waals surface area contributed by atoms with E-state index in [1.54, 1.807) is 24.3 Å². The van der Waals surface area contributed by atoms with Gasteiger partial charge in [-0.3, -0.25) is 9.36 Å². The fourth-order valence-corrected chi connectivity index (χ4v) is 4.23. The van der Waals surface area contributed by atoms with E-state index < -0.39 is 0 Å². The smallest absolute Gasteiger partial charge is 0.225 e. The zero-order valence-corrected chi connectivity index (χ0v) is 19.4. The summed E-state index contributed by atoms with van der Waals surface area (Å²) in [6.07, 6.45) is 0.262. The quantitative estimate of drug-likeness (QED) is 0.338. The minimum atomic E-state index is -0.165. The number of benzene rings is 3. The van der Waals surface area contributed by atoms with Gasteiger partial charge in [-0.05, 0) is 43.3 Å². The Bertz CT molecular complexity index is 1310. The zero-order chi connectivity index (χ0) is 23.2. The molecule has 4 rings (SSSR count). The van der Waals surface area contributed by atoms with Gasteiger partial charge in [0, 0.05) is 28.4 Å². The Labute approximate surface area is 201 Å². The number of nitrogens with one attached hydrogen (secondary N) is 1. The van der Waals surface area contributed by atoms with Crippen LogP contribution >= 0.6 is 23.4 Å². The third kappa shape index (κ3) is 5.43. The van der Waals surface area contributed by atoms with Crippen LogP contribution in [-0.2, 0) is 4.79 Å². The van der Waals surface area contributed by atoms with E-state index in [0.717, 1.165) is 16.8 Å². The predicted octanol–water partition coefficient (Wildman–Crippen LogP) is 5.89. The molecule has 0 aliphatic rings. The highest BCUT2D eigenvalue weighted by atomic mass is 35.5. The van der Waals surface area contributed by atoms with Crippen LogP contribution in [0.25, 0.3) is 17.1 Å². The predicted molar refractivity (Wildman–Crippen MR) is 132 cm³/mol. The number of aryl methyl sites for hydroxylation is 1. The van der Waals surface area contributed by atoms with E-state index in [4.69, 9.17) is 11.6 Å². The Kier molecular flexibility index (Phi) is 7.08. The van der Waals surface area contributed by atoms with Crippen molar-refractivity contribution >= 4 is 35.0 Å². The third-order valence-corrected chi connectivity index (χ3v) is 6.09. The first-order valence-electron chi connectivity index (χ1n) is 10.3. The van der Waals surface area contributed by atoms with E-state index in [1.807, 2.05) is 60.0 Å². The van der Waals surface area contributed by atoms with Crippen LogP contribution in [0, 0.1) is 18.3 Å². The molecule has 4 aromatic rings. The van der Waals surface area contributed by atoms with E-state index in [0.29, 0.717) is 33.0 Å². The molecule has 0 saturated carbocycles. The second-order valence-corrected chi connectivity index (χ2v) is 8.79. The standard InChI is InChI=1S/C25H20ClN5OS/c1-17-6-8-18(9-7-17)24-29-30-25(31(24)21-12-10-20(26)11-13-21)33-15-14-23(32)28-22-5-3-2-4-19(22)16-27/h2-13H,14-15H2,1H3,(H,28,32). The monoisotopic (exact) mass is 473 g/mol. The lowest BCUT2D eigenvalue weighted by molar-refractivity contribution is -0.115. The number of thioether (sulfide) groups is 1. The van der Waals surface area contributed by atoms with E-state index in [2.05, 4.69) is 21.6 Å². The maximum atomic E-state index is 12.4. The molecular weight excluding hydrogens is 454 g/mol. The molecule has 1 amide bonds. The van der Waals surface area contributed by atoms with Gasteiger partial charge in [0.25, 0.3) is 0 Å². The normalized spacial score (nSPS) is 10.6. The summed E-state index contributed by atoms with van der Waals surface area (Å²) in [7, 11) is 0. The first-order valence-corrected chi connectivity index (χ1v) is 11.6. The number of rotatable bonds is 7. The Balaban J connectivity index is 1.52. The van der Waals surface area contributed by atoms with Crippen molar-refractivity contribution in [3.05, 3.63) is 88.9 Å². The van der Waals surface area contributed by atoms with E-state index >= 15 is 0 Å². The Morgan fingerprint density at radius 1 is 1.06 bits per heavy atom. The molecule has 164 valence electrons. The van der Waals surface area contributed by atoms with Crippen LogP contribution in [0.5, 0.6) is 0 Å². The summed E-state index contributed by atoms with van der Waals surface area (Å²) in [6.45, 7) is 2.04. The number of nitriles is 1. The van der Waals surface area contributed by atoms with Gasteiger partial charge < -0.3 is 5.32 Å². The van der Waals surface area contributed by atoms with Crippen LogP contribution in [0.1, 0.15) is 17.5 Å². The van der Waals surface area contributed by atoms with Crippen LogP contribution in [0.4, 0.5) is 5.69 Å². The van der Waals surface area contributed by atoms with Crippen molar-refractivity contribution in [3.8, 4) is 23.1 Å². The minimum Gasteiger partial charge on any atom is -0.325 e. The lowest BCUT2D eigenvalue weighted by Gasteiger charge is -2.11. The number of halogens is 1. The largest absolute Gasteiger partial charge is 0.325 e. The highest BCUT2D eigenvalue weighted by Crippen LogP contribution is 2.29. The van der Waals surface area contributed by atoms with Crippen molar-refractivity contribution in [2.75, 3.05) is 11.1 Å². The zero-order valence-electron chi connectivity index (χ0n) is 17.8. The Morgan fingerprint density at radius 3 is 2.52 bits per heavy atom. The van der Waals surface area contributed by atoms with Gasteiger partial charge in [0.1, 0.15) is 6.07 Å². The molecule has 1 heterocycles. The molecule has 6 nitrogen and oxygen atoms in total. The van der Waals surface area contributed by atoms with Crippen molar-refractivity contribution in [2.24, 2.45) is 0 Å². The SMILES string of the molecule is Cc1ccc(-c2nnc(SCCC(=O)Nc3ccccc3C#N)n2-c2ccc(Cl)cc2)cc1. The summed E-state index contributed by atoms with van der Waals surface area (Å²) in [5.74, 6) is 1.05. The van der Waals surface area contributed by atoms with Crippen molar-refractivity contribution in [3.63, 3.8) is 0 Å².